The second kappa shape index (κ2) is 13.5. The van der Waals surface area contributed by atoms with E-state index in [-0.39, 0.29) is 11.6 Å². The summed E-state index contributed by atoms with van der Waals surface area (Å²) in [6.45, 7) is 3.23. The molecule has 1 spiro atoms. The van der Waals surface area contributed by atoms with Crippen LogP contribution >= 0.6 is 0 Å². The number of carboxylic acid groups (broad SMARTS) is 2. The topological polar surface area (TPSA) is 137 Å². The Balaban J connectivity index is 0.000000426. The summed E-state index contributed by atoms with van der Waals surface area (Å²) >= 11 is 0. The molecule has 0 saturated carbocycles. The number of ether oxygens (including phenoxy) is 1. The van der Waals surface area contributed by atoms with Crippen molar-refractivity contribution < 1.29 is 59.3 Å². The third kappa shape index (κ3) is 10.3. The summed E-state index contributed by atoms with van der Waals surface area (Å²) in [7, 11) is -1.59. The number of nitrogens with zero attached hydrogens (tertiary/aromatic N) is 3. The Kier molecular flexibility index (Phi) is 11.9. The lowest BCUT2D eigenvalue weighted by Crippen LogP contribution is -2.56. The van der Waals surface area contributed by atoms with E-state index in [4.69, 9.17) is 24.5 Å². The highest BCUT2D eigenvalue weighted by Gasteiger charge is 2.51. The lowest BCUT2D eigenvalue weighted by atomic mass is 9.86. The molecule has 0 radical (unpaired) electrons. The van der Waals surface area contributed by atoms with E-state index in [1.54, 1.807) is 11.4 Å². The minimum atomic E-state index is -5.08. The summed E-state index contributed by atoms with van der Waals surface area (Å²) in [5.74, 6) is -5.51. The molecule has 1 unspecified atom stereocenters. The van der Waals surface area contributed by atoms with Crippen LogP contribution in [0.1, 0.15) is 31.2 Å². The van der Waals surface area contributed by atoms with E-state index < -0.39 is 34.3 Å². The summed E-state index contributed by atoms with van der Waals surface area (Å²) in [5.41, 5.74) is 1.04. The molecular weight excluding hydrogens is 552 g/mol. The second-order valence-electron chi connectivity index (χ2n) is 8.67. The minimum Gasteiger partial charge on any atom is -0.475 e. The fourth-order valence-corrected chi connectivity index (χ4v) is 6.05. The molecule has 2 fully saturated rings. The van der Waals surface area contributed by atoms with E-state index in [1.165, 1.54) is 11.8 Å². The van der Waals surface area contributed by atoms with Crippen molar-refractivity contribution in [2.24, 2.45) is 0 Å². The van der Waals surface area contributed by atoms with Gasteiger partial charge in [-0.05, 0) is 43.4 Å². The molecule has 2 N–H and O–H groups in total. The maximum absolute atomic E-state index is 12.4. The smallest absolute Gasteiger partial charge is 0.475 e. The number of pyridine rings is 1. The molecule has 3 heterocycles. The van der Waals surface area contributed by atoms with Crippen LogP contribution in [0.3, 0.4) is 0 Å². The maximum Gasteiger partial charge on any atom is 0.490 e. The molecule has 0 aromatic carbocycles. The Bertz CT molecular complexity index is 990. The Hall–Kier alpha value is -2.50. The van der Waals surface area contributed by atoms with Crippen molar-refractivity contribution in [1.82, 2.24) is 14.2 Å². The molecule has 2 aliphatic heterocycles. The number of rotatable bonds is 5. The highest BCUT2D eigenvalue weighted by molar-refractivity contribution is 7.88. The molecule has 1 aromatic heterocycles. The van der Waals surface area contributed by atoms with Crippen LogP contribution < -0.4 is 0 Å². The number of alkyl halides is 6. The van der Waals surface area contributed by atoms with Gasteiger partial charge in [0.25, 0.3) is 0 Å². The van der Waals surface area contributed by atoms with Gasteiger partial charge in [-0.2, -0.15) is 30.6 Å². The van der Waals surface area contributed by atoms with E-state index in [1.807, 2.05) is 24.5 Å². The van der Waals surface area contributed by atoms with Gasteiger partial charge in [-0.1, -0.05) is 0 Å². The van der Waals surface area contributed by atoms with Crippen molar-refractivity contribution in [3.05, 3.63) is 30.1 Å². The molecule has 3 rings (SSSR count). The Morgan fingerprint density at radius 3 is 1.84 bits per heavy atom. The number of methoxy groups -OCH3 is 1. The van der Waals surface area contributed by atoms with Gasteiger partial charge in [0.1, 0.15) is 0 Å². The summed E-state index contributed by atoms with van der Waals surface area (Å²) in [6, 6.07) is 4.06. The van der Waals surface area contributed by atoms with Crippen molar-refractivity contribution >= 4 is 22.0 Å². The molecule has 0 amide bonds. The largest absolute Gasteiger partial charge is 0.490 e. The van der Waals surface area contributed by atoms with E-state index in [0.717, 1.165) is 45.3 Å². The first-order valence-electron chi connectivity index (χ1n) is 11.0. The Labute approximate surface area is 215 Å². The van der Waals surface area contributed by atoms with Gasteiger partial charge in [-0.15, -0.1) is 0 Å². The highest BCUT2D eigenvalue weighted by Crippen LogP contribution is 2.43. The molecule has 2 aliphatic rings. The number of hydrogen-bond donors (Lipinski definition) is 2. The molecule has 2 saturated heterocycles. The Morgan fingerprint density at radius 1 is 1.03 bits per heavy atom. The van der Waals surface area contributed by atoms with Gasteiger partial charge >= 0.3 is 24.3 Å². The first kappa shape index (κ1) is 33.5. The number of aliphatic carboxylic acids is 2. The zero-order valence-corrected chi connectivity index (χ0v) is 21.3. The van der Waals surface area contributed by atoms with E-state index in [0.29, 0.717) is 6.61 Å². The maximum atomic E-state index is 12.4. The van der Waals surface area contributed by atoms with Gasteiger partial charge in [0.15, 0.2) is 0 Å². The number of carbonyl (C=O) groups is 2. The van der Waals surface area contributed by atoms with Gasteiger partial charge in [0.05, 0.1) is 12.9 Å². The predicted octanol–water partition coefficient (Wildman–Crippen LogP) is 2.75. The standard InChI is InChI=1S/C17H27N3O3S.2C2HF3O2/c1-23-14-16-3-6-17(20(16)24(2,21)22)7-11-19(12-8-17)13-15-4-9-18-10-5-15;2*3-2(4,5)1(6)7/h4-5,9-10,16H,3,6-8,11-14H2,1-2H3;2*(H,6,7). The average Bonchev–Trinajstić information content (AvgIpc) is 3.14. The van der Waals surface area contributed by atoms with Crippen molar-refractivity contribution in [3.8, 4) is 0 Å². The zero-order chi connectivity index (χ0) is 29.4. The van der Waals surface area contributed by atoms with E-state index in [2.05, 4.69) is 9.88 Å². The molecule has 1 atom stereocenters. The predicted molar refractivity (Wildman–Crippen MR) is 120 cm³/mol. The number of likely N-dealkylation sites (tertiary alicyclic amines) is 1. The SMILES string of the molecule is COCC1CCC2(CCN(Cc3ccncc3)CC2)N1S(C)(=O)=O.O=C(O)C(F)(F)F.O=C(O)C(F)(F)F. The van der Waals surface area contributed by atoms with Crippen LogP contribution in [-0.2, 0) is 30.9 Å². The molecule has 38 heavy (non-hydrogen) atoms. The first-order chi connectivity index (χ1) is 17.3. The average molecular weight is 582 g/mol. The molecule has 218 valence electrons. The monoisotopic (exact) mass is 581 g/mol. The van der Waals surface area contributed by atoms with Gasteiger partial charge in [0.2, 0.25) is 10.0 Å². The highest BCUT2D eigenvalue weighted by atomic mass is 32.2. The quantitative estimate of drug-likeness (QED) is 0.503. The van der Waals surface area contributed by atoms with Crippen LogP contribution in [0.5, 0.6) is 0 Å². The molecular formula is C21H29F6N3O7S. The second-order valence-corrected chi connectivity index (χ2v) is 10.5. The van der Waals surface area contributed by atoms with Crippen molar-refractivity contribution in [1.29, 1.82) is 0 Å². The summed E-state index contributed by atoms with van der Waals surface area (Å²) in [6.07, 6.45) is -1.57. The number of sulfonamides is 1. The van der Waals surface area contributed by atoms with Crippen molar-refractivity contribution in [2.75, 3.05) is 33.1 Å². The zero-order valence-electron chi connectivity index (χ0n) is 20.5. The molecule has 17 heteroatoms. The van der Waals surface area contributed by atoms with E-state index >= 15 is 0 Å². The Morgan fingerprint density at radius 2 is 1.47 bits per heavy atom. The van der Waals surface area contributed by atoms with Crippen LogP contribution in [-0.4, -0.2) is 102 Å². The first-order valence-corrected chi connectivity index (χ1v) is 12.9. The summed E-state index contributed by atoms with van der Waals surface area (Å²) in [5, 5.41) is 14.2. The number of aromatic nitrogens is 1. The van der Waals surface area contributed by atoms with Crippen molar-refractivity contribution in [3.63, 3.8) is 0 Å². The molecule has 0 aliphatic carbocycles. The van der Waals surface area contributed by atoms with E-state index in [9.17, 15) is 34.8 Å². The van der Waals surface area contributed by atoms with Crippen LogP contribution in [0, 0.1) is 0 Å². The summed E-state index contributed by atoms with van der Waals surface area (Å²) in [4.78, 5) is 24.3. The van der Waals surface area contributed by atoms with Gasteiger partial charge < -0.3 is 14.9 Å². The lowest BCUT2D eigenvalue weighted by Gasteiger charge is -2.45. The molecule has 1 aromatic rings. The lowest BCUT2D eigenvalue weighted by molar-refractivity contribution is -0.193. The molecule has 10 nitrogen and oxygen atoms in total. The third-order valence-corrected chi connectivity index (χ3v) is 7.29. The van der Waals surface area contributed by atoms with Crippen LogP contribution in [0.25, 0.3) is 0 Å². The molecule has 0 bridgehead atoms. The minimum absolute atomic E-state index is 0.0169. The van der Waals surface area contributed by atoms with Gasteiger partial charge in [-0.3, -0.25) is 9.88 Å². The number of piperidine rings is 1. The number of hydrogen-bond acceptors (Lipinski definition) is 7. The van der Waals surface area contributed by atoms with Gasteiger partial charge in [0, 0.05) is 50.7 Å². The van der Waals surface area contributed by atoms with Crippen molar-refractivity contribution in [2.45, 2.75) is 56.2 Å². The van der Waals surface area contributed by atoms with Crippen LogP contribution in [0.2, 0.25) is 0 Å². The van der Waals surface area contributed by atoms with Gasteiger partial charge in [-0.25, -0.2) is 18.0 Å². The normalized spacial score (nSPS) is 20.2. The van der Waals surface area contributed by atoms with Crippen LogP contribution in [0.4, 0.5) is 26.3 Å². The number of halogens is 6. The fourth-order valence-electron chi connectivity index (χ4n) is 4.36. The number of carboxylic acids is 2. The fraction of sp³-hybridized carbons (Fsp3) is 0.667. The summed E-state index contributed by atoms with van der Waals surface area (Å²) < 4.78 is 95.3. The van der Waals surface area contributed by atoms with Crippen LogP contribution in [0.15, 0.2) is 24.5 Å². The third-order valence-electron chi connectivity index (χ3n) is 5.89.